The van der Waals surface area contributed by atoms with Gasteiger partial charge >= 0.3 is 0 Å². The predicted octanol–water partition coefficient (Wildman–Crippen LogP) is 3.21. The maximum Gasteiger partial charge on any atom is 0.0539 e. The minimum Gasteiger partial charge on any atom is -0.388 e. The fraction of sp³-hybridized carbons (Fsp3) is 0.800. The lowest BCUT2D eigenvalue weighted by Gasteiger charge is -2.25. The third-order valence-electron chi connectivity index (χ3n) is 2.38. The Morgan fingerprint density at radius 1 is 1.50 bits per heavy atom. The molecule has 0 aromatic rings. The van der Waals surface area contributed by atoms with Crippen molar-refractivity contribution in [2.75, 3.05) is 6.54 Å². The molecule has 0 radical (unpaired) electrons. The molecule has 1 saturated carbocycles. The van der Waals surface area contributed by atoms with Crippen LogP contribution in [0.3, 0.4) is 0 Å². The van der Waals surface area contributed by atoms with E-state index in [1.165, 1.54) is 31.4 Å². The zero-order valence-electron chi connectivity index (χ0n) is 7.99. The van der Waals surface area contributed by atoms with Crippen molar-refractivity contribution >= 4 is 15.9 Å². The molecule has 1 aliphatic rings. The van der Waals surface area contributed by atoms with Gasteiger partial charge in [0.1, 0.15) is 0 Å². The molecule has 70 valence electrons. The first kappa shape index (κ1) is 10.1. The summed E-state index contributed by atoms with van der Waals surface area (Å²) >= 11 is 3.70. The lowest BCUT2D eigenvalue weighted by molar-refractivity contribution is 0.616. The molecular weight excluding hydrogens is 214 g/mol. The molecule has 0 aliphatic heterocycles. The van der Waals surface area contributed by atoms with Crippen LogP contribution in [-0.2, 0) is 0 Å². The summed E-state index contributed by atoms with van der Waals surface area (Å²) in [5.74, 6) is 0. The third kappa shape index (κ3) is 2.25. The molecule has 2 heteroatoms. The lowest BCUT2D eigenvalue weighted by Crippen LogP contribution is -2.24. The van der Waals surface area contributed by atoms with E-state index in [9.17, 15) is 0 Å². The summed E-state index contributed by atoms with van der Waals surface area (Å²) in [7, 11) is 0. The second-order valence-corrected chi connectivity index (χ2v) is 4.38. The van der Waals surface area contributed by atoms with E-state index in [0.29, 0.717) is 4.83 Å². The first-order valence-electron chi connectivity index (χ1n) is 4.89. The number of hydrogen-bond donors (Lipinski definition) is 1. The van der Waals surface area contributed by atoms with Gasteiger partial charge in [0.15, 0.2) is 0 Å². The van der Waals surface area contributed by atoms with Gasteiger partial charge in [0, 0.05) is 12.2 Å². The van der Waals surface area contributed by atoms with Crippen LogP contribution in [0.1, 0.15) is 39.5 Å². The van der Waals surface area contributed by atoms with Crippen LogP contribution in [0.5, 0.6) is 0 Å². The highest BCUT2D eigenvalue weighted by atomic mass is 79.9. The van der Waals surface area contributed by atoms with Gasteiger partial charge in [-0.05, 0) is 32.6 Å². The van der Waals surface area contributed by atoms with E-state index >= 15 is 0 Å². The molecule has 1 aliphatic carbocycles. The van der Waals surface area contributed by atoms with Gasteiger partial charge < -0.3 is 5.32 Å². The molecule has 1 atom stereocenters. The molecule has 12 heavy (non-hydrogen) atoms. The molecule has 1 unspecified atom stereocenters. The van der Waals surface area contributed by atoms with Crippen LogP contribution >= 0.6 is 15.9 Å². The molecule has 0 amide bonds. The summed E-state index contributed by atoms with van der Waals surface area (Å²) in [5.41, 5.74) is 3.10. The van der Waals surface area contributed by atoms with Crippen molar-refractivity contribution in [2.24, 2.45) is 0 Å². The standard InChI is InChI=1S/C10H18BrN/c1-3-9(11)10(12-4-2)8-6-5-7-8/h9,12H,3-7H2,1-2H3. The van der Waals surface area contributed by atoms with Gasteiger partial charge in [-0.3, -0.25) is 0 Å². The molecule has 1 nitrogen and oxygen atoms in total. The van der Waals surface area contributed by atoms with Gasteiger partial charge in [0.05, 0.1) is 4.83 Å². The normalized spacial score (nSPS) is 18.4. The maximum absolute atomic E-state index is 3.70. The highest BCUT2D eigenvalue weighted by Gasteiger charge is 2.18. The predicted molar refractivity (Wildman–Crippen MR) is 57.6 cm³/mol. The summed E-state index contributed by atoms with van der Waals surface area (Å²) in [6, 6.07) is 0. The molecule has 0 saturated heterocycles. The van der Waals surface area contributed by atoms with E-state index in [1.54, 1.807) is 5.57 Å². The second kappa shape index (κ2) is 4.90. The molecule has 0 aromatic carbocycles. The zero-order valence-corrected chi connectivity index (χ0v) is 9.58. The van der Waals surface area contributed by atoms with Crippen LogP contribution in [0.4, 0.5) is 0 Å². The SMILES string of the molecule is CCNC(=C1CCC1)C(Br)CC. The summed E-state index contributed by atoms with van der Waals surface area (Å²) in [4.78, 5) is 0.549. The van der Waals surface area contributed by atoms with Crippen LogP contribution in [0.2, 0.25) is 0 Å². The Kier molecular flexibility index (Phi) is 4.13. The number of nitrogens with one attached hydrogen (secondary N) is 1. The van der Waals surface area contributed by atoms with Crippen molar-refractivity contribution in [1.82, 2.24) is 5.32 Å². The van der Waals surface area contributed by atoms with Crippen LogP contribution in [-0.4, -0.2) is 11.4 Å². The minimum atomic E-state index is 0.549. The Hall–Kier alpha value is 0.0200. The van der Waals surface area contributed by atoms with Gasteiger partial charge in [-0.25, -0.2) is 0 Å². The number of rotatable bonds is 4. The van der Waals surface area contributed by atoms with E-state index in [-0.39, 0.29) is 0 Å². The second-order valence-electron chi connectivity index (χ2n) is 3.28. The van der Waals surface area contributed by atoms with Crippen molar-refractivity contribution in [3.63, 3.8) is 0 Å². The Balaban J connectivity index is 2.59. The average Bonchev–Trinajstić information content (AvgIpc) is 1.99. The van der Waals surface area contributed by atoms with Gasteiger partial charge in [-0.1, -0.05) is 28.4 Å². The molecule has 0 spiro atoms. The van der Waals surface area contributed by atoms with Crippen molar-refractivity contribution in [3.8, 4) is 0 Å². The van der Waals surface area contributed by atoms with Crippen LogP contribution in [0.25, 0.3) is 0 Å². The Labute approximate surface area is 83.7 Å². The lowest BCUT2D eigenvalue weighted by atomic mass is 9.89. The number of alkyl halides is 1. The first-order valence-corrected chi connectivity index (χ1v) is 5.81. The molecular formula is C10H18BrN. The fourth-order valence-electron chi connectivity index (χ4n) is 1.47. The molecule has 0 bridgehead atoms. The minimum absolute atomic E-state index is 0.549. The third-order valence-corrected chi connectivity index (χ3v) is 3.48. The molecule has 1 fully saturated rings. The first-order chi connectivity index (χ1) is 5.79. The van der Waals surface area contributed by atoms with Crippen LogP contribution < -0.4 is 5.32 Å². The van der Waals surface area contributed by atoms with Crippen molar-refractivity contribution in [1.29, 1.82) is 0 Å². The zero-order chi connectivity index (χ0) is 8.97. The van der Waals surface area contributed by atoms with Gasteiger partial charge in [0.2, 0.25) is 0 Å². The highest BCUT2D eigenvalue weighted by Crippen LogP contribution is 2.31. The molecule has 1 rings (SSSR count). The number of halogens is 1. The van der Waals surface area contributed by atoms with Crippen molar-refractivity contribution < 1.29 is 0 Å². The summed E-state index contributed by atoms with van der Waals surface area (Å²) in [6.45, 7) is 5.42. The number of hydrogen-bond acceptors (Lipinski definition) is 1. The van der Waals surface area contributed by atoms with Crippen LogP contribution in [0.15, 0.2) is 11.3 Å². The van der Waals surface area contributed by atoms with Gasteiger partial charge in [-0.2, -0.15) is 0 Å². The maximum atomic E-state index is 3.70. The summed E-state index contributed by atoms with van der Waals surface area (Å²) in [5, 5.41) is 3.47. The number of allylic oxidation sites excluding steroid dienone is 2. The Bertz CT molecular complexity index is 169. The van der Waals surface area contributed by atoms with Crippen molar-refractivity contribution in [2.45, 2.75) is 44.4 Å². The Morgan fingerprint density at radius 2 is 2.17 bits per heavy atom. The quantitative estimate of drug-likeness (QED) is 0.734. The summed E-state index contributed by atoms with van der Waals surface area (Å²) < 4.78 is 0. The van der Waals surface area contributed by atoms with Gasteiger partial charge in [-0.15, -0.1) is 0 Å². The monoisotopic (exact) mass is 231 g/mol. The van der Waals surface area contributed by atoms with Crippen molar-refractivity contribution in [3.05, 3.63) is 11.3 Å². The van der Waals surface area contributed by atoms with Crippen LogP contribution in [0, 0.1) is 0 Å². The van der Waals surface area contributed by atoms with E-state index in [1.807, 2.05) is 0 Å². The smallest absolute Gasteiger partial charge is 0.0539 e. The largest absolute Gasteiger partial charge is 0.388 e. The van der Waals surface area contributed by atoms with E-state index in [2.05, 4.69) is 35.1 Å². The summed E-state index contributed by atoms with van der Waals surface area (Å²) in [6.07, 6.45) is 5.17. The average molecular weight is 232 g/mol. The van der Waals surface area contributed by atoms with E-state index in [4.69, 9.17) is 0 Å². The highest BCUT2D eigenvalue weighted by molar-refractivity contribution is 9.09. The molecule has 0 aromatic heterocycles. The van der Waals surface area contributed by atoms with E-state index < -0.39 is 0 Å². The van der Waals surface area contributed by atoms with E-state index in [0.717, 1.165) is 6.54 Å². The molecule has 1 N–H and O–H groups in total. The Morgan fingerprint density at radius 3 is 2.50 bits per heavy atom. The van der Waals surface area contributed by atoms with Gasteiger partial charge in [0.25, 0.3) is 0 Å². The topological polar surface area (TPSA) is 12.0 Å². The fourth-order valence-corrected chi connectivity index (χ4v) is 1.96. The molecule has 0 heterocycles.